The molecule has 0 atom stereocenters. The highest BCUT2D eigenvalue weighted by Gasteiger charge is 2.31. The second-order valence-corrected chi connectivity index (χ2v) is 7.47. The molecule has 0 saturated carbocycles. The number of nitrogens with one attached hydrogen (secondary N) is 1. The standard InChI is InChI=1S/C20H14F3N3O2S/c1-10-4-3-5-11(2)16(10)17(27)24-19-26-25-18(29-19)15-8-12-6-7-13(20(21,22)23)9-14(12)28-15/h3-9H,1-2H3,(H,24,26,27). The summed E-state index contributed by atoms with van der Waals surface area (Å²) < 4.78 is 44.1. The van der Waals surface area contributed by atoms with Crippen LogP contribution in [0.1, 0.15) is 27.0 Å². The second-order valence-electron chi connectivity index (χ2n) is 6.49. The highest BCUT2D eigenvalue weighted by atomic mass is 32.1. The van der Waals surface area contributed by atoms with Crippen molar-refractivity contribution in [2.75, 3.05) is 5.32 Å². The fraction of sp³-hybridized carbons (Fsp3) is 0.150. The molecule has 0 fully saturated rings. The van der Waals surface area contributed by atoms with Gasteiger partial charge in [-0.2, -0.15) is 13.2 Å². The molecule has 0 spiro atoms. The number of aromatic nitrogens is 2. The van der Waals surface area contributed by atoms with Crippen molar-refractivity contribution in [3.63, 3.8) is 0 Å². The second kappa shape index (κ2) is 7.00. The zero-order chi connectivity index (χ0) is 20.8. The number of rotatable bonds is 3. The van der Waals surface area contributed by atoms with Gasteiger partial charge in [-0.25, -0.2) is 0 Å². The van der Waals surface area contributed by atoms with Gasteiger partial charge in [-0.3, -0.25) is 10.1 Å². The first-order valence-electron chi connectivity index (χ1n) is 8.54. The van der Waals surface area contributed by atoms with E-state index in [2.05, 4.69) is 15.5 Å². The maximum absolute atomic E-state index is 12.9. The number of benzene rings is 2. The van der Waals surface area contributed by atoms with Crippen molar-refractivity contribution in [3.8, 4) is 10.8 Å². The summed E-state index contributed by atoms with van der Waals surface area (Å²) in [7, 11) is 0. The molecule has 29 heavy (non-hydrogen) atoms. The Morgan fingerprint density at radius 1 is 1.07 bits per heavy atom. The molecule has 5 nitrogen and oxygen atoms in total. The third kappa shape index (κ3) is 3.73. The SMILES string of the molecule is Cc1cccc(C)c1C(=O)Nc1nnc(-c2cc3ccc(C(F)(F)F)cc3o2)s1. The van der Waals surface area contributed by atoms with Crippen LogP contribution in [0, 0.1) is 13.8 Å². The summed E-state index contributed by atoms with van der Waals surface area (Å²) >= 11 is 1.08. The molecule has 0 aliphatic heterocycles. The van der Waals surface area contributed by atoms with Gasteiger partial charge < -0.3 is 4.42 Å². The molecule has 0 saturated heterocycles. The maximum atomic E-state index is 12.9. The third-order valence-corrected chi connectivity index (χ3v) is 5.27. The summed E-state index contributed by atoms with van der Waals surface area (Å²) in [5.41, 5.74) is 1.55. The number of furan rings is 1. The first kappa shape index (κ1) is 19.1. The van der Waals surface area contributed by atoms with E-state index < -0.39 is 11.7 Å². The van der Waals surface area contributed by atoms with Gasteiger partial charge in [0.2, 0.25) is 5.13 Å². The van der Waals surface area contributed by atoms with Crippen LogP contribution in [-0.4, -0.2) is 16.1 Å². The lowest BCUT2D eigenvalue weighted by atomic mass is 10.0. The van der Waals surface area contributed by atoms with Gasteiger partial charge in [0, 0.05) is 10.9 Å². The Balaban J connectivity index is 1.60. The van der Waals surface area contributed by atoms with Gasteiger partial charge in [0.25, 0.3) is 5.91 Å². The number of hydrogen-bond acceptors (Lipinski definition) is 5. The van der Waals surface area contributed by atoms with Gasteiger partial charge in [-0.05, 0) is 43.2 Å². The van der Waals surface area contributed by atoms with Crippen LogP contribution in [0.5, 0.6) is 0 Å². The molecule has 0 unspecified atom stereocenters. The Morgan fingerprint density at radius 3 is 2.48 bits per heavy atom. The Morgan fingerprint density at radius 2 is 1.79 bits per heavy atom. The van der Waals surface area contributed by atoms with Gasteiger partial charge >= 0.3 is 6.18 Å². The lowest BCUT2D eigenvalue weighted by Crippen LogP contribution is -2.14. The number of nitrogens with zero attached hydrogens (tertiary/aromatic N) is 2. The minimum Gasteiger partial charge on any atom is -0.453 e. The molecule has 2 heterocycles. The average Bonchev–Trinajstić information content (AvgIpc) is 3.26. The maximum Gasteiger partial charge on any atom is 0.416 e. The molecule has 1 amide bonds. The lowest BCUT2D eigenvalue weighted by molar-refractivity contribution is -0.137. The van der Waals surface area contributed by atoms with Crippen LogP contribution >= 0.6 is 11.3 Å². The van der Waals surface area contributed by atoms with Crippen molar-refractivity contribution in [1.82, 2.24) is 10.2 Å². The molecule has 0 aliphatic carbocycles. The van der Waals surface area contributed by atoms with Crippen LogP contribution in [0.2, 0.25) is 0 Å². The lowest BCUT2D eigenvalue weighted by Gasteiger charge is -2.08. The van der Waals surface area contributed by atoms with E-state index in [4.69, 9.17) is 4.42 Å². The number of halogens is 3. The van der Waals surface area contributed by atoms with Crippen molar-refractivity contribution in [1.29, 1.82) is 0 Å². The predicted octanol–water partition coefficient (Wildman–Crippen LogP) is 5.84. The summed E-state index contributed by atoms with van der Waals surface area (Å²) in [4.78, 5) is 12.6. The molecule has 9 heteroatoms. The molecular weight excluding hydrogens is 403 g/mol. The van der Waals surface area contributed by atoms with E-state index in [9.17, 15) is 18.0 Å². The van der Waals surface area contributed by atoms with Gasteiger partial charge in [0.05, 0.1) is 5.56 Å². The first-order valence-corrected chi connectivity index (χ1v) is 9.36. The van der Waals surface area contributed by atoms with Gasteiger partial charge in [0.1, 0.15) is 5.58 Å². The van der Waals surface area contributed by atoms with Gasteiger partial charge in [-0.1, -0.05) is 35.6 Å². The normalized spacial score (nSPS) is 11.8. The molecule has 0 bridgehead atoms. The fourth-order valence-electron chi connectivity index (χ4n) is 3.02. The topological polar surface area (TPSA) is 68.0 Å². The van der Waals surface area contributed by atoms with Crippen LogP contribution in [0.3, 0.4) is 0 Å². The number of amides is 1. The largest absolute Gasteiger partial charge is 0.453 e. The van der Waals surface area contributed by atoms with E-state index in [1.54, 1.807) is 6.07 Å². The summed E-state index contributed by atoms with van der Waals surface area (Å²) in [5.74, 6) is -0.0212. The Labute approximate surface area is 167 Å². The zero-order valence-corrected chi connectivity index (χ0v) is 16.1. The number of carbonyl (C=O) groups excluding carboxylic acids is 1. The average molecular weight is 417 g/mol. The third-order valence-electron chi connectivity index (χ3n) is 4.41. The predicted molar refractivity (Wildman–Crippen MR) is 104 cm³/mol. The summed E-state index contributed by atoms with van der Waals surface area (Å²) in [6.45, 7) is 3.69. The quantitative estimate of drug-likeness (QED) is 0.455. The molecule has 0 aliphatic rings. The first-order chi connectivity index (χ1) is 13.7. The Bertz CT molecular complexity index is 1210. The van der Waals surface area contributed by atoms with Crippen LogP contribution in [-0.2, 0) is 6.18 Å². The number of hydrogen-bond donors (Lipinski definition) is 1. The highest BCUT2D eigenvalue weighted by Crippen LogP contribution is 2.35. The fourth-order valence-corrected chi connectivity index (χ4v) is 3.71. The van der Waals surface area contributed by atoms with Crippen LogP contribution in [0.25, 0.3) is 21.7 Å². The molecule has 4 aromatic rings. The van der Waals surface area contributed by atoms with Crippen molar-refractivity contribution in [2.24, 2.45) is 0 Å². The zero-order valence-electron chi connectivity index (χ0n) is 15.3. The molecule has 0 radical (unpaired) electrons. The van der Waals surface area contributed by atoms with E-state index in [0.29, 0.717) is 16.0 Å². The molecule has 148 valence electrons. The number of alkyl halides is 3. The molecule has 2 aromatic carbocycles. The summed E-state index contributed by atoms with van der Waals surface area (Å²) in [6.07, 6.45) is -4.45. The summed E-state index contributed by atoms with van der Waals surface area (Å²) in [6, 6.07) is 10.4. The highest BCUT2D eigenvalue weighted by molar-refractivity contribution is 7.18. The minimum atomic E-state index is -4.45. The van der Waals surface area contributed by atoms with Crippen molar-refractivity contribution < 1.29 is 22.4 Å². The summed E-state index contributed by atoms with van der Waals surface area (Å²) in [5, 5.41) is 11.8. The van der Waals surface area contributed by atoms with Crippen molar-refractivity contribution in [3.05, 3.63) is 64.7 Å². The van der Waals surface area contributed by atoms with E-state index >= 15 is 0 Å². The Hall–Kier alpha value is -3.20. The molecule has 4 rings (SSSR count). The van der Waals surface area contributed by atoms with Crippen molar-refractivity contribution >= 4 is 33.3 Å². The number of fused-ring (bicyclic) bond motifs is 1. The molecule has 2 aromatic heterocycles. The Kier molecular flexibility index (Phi) is 4.62. The minimum absolute atomic E-state index is 0.103. The van der Waals surface area contributed by atoms with Gasteiger partial charge in [-0.15, -0.1) is 10.2 Å². The van der Waals surface area contributed by atoms with Crippen LogP contribution in [0.4, 0.5) is 18.3 Å². The molecular formula is C20H14F3N3O2S. The molecule has 1 N–H and O–H groups in total. The van der Waals surface area contributed by atoms with Crippen molar-refractivity contribution in [2.45, 2.75) is 20.0 Å². The van der Waals surface area contributed by atoms with E-state index in [1.165, 1.54) is 6.07 Å². The van der Waals surface area contributed by atoms with Crippen LogP contribution < -0.4 is 5.32 Å². The van der Waals surface area contributed by atoms with Crippen LogP contribution in [0.15, 0.2) is 46.9 Å². The monoisotopic (exact) mass is 417 g/mol. The van der Waals surface area contributed by atoms with E-state index in [0.717, 1.165) is 34.6 Å². The number of anilines is 1. The number of aryl methyl sites for hydroxylation is 2. The van der Waals surface area contributed by atoms with E-state index in [1.807, 2.05) is 32.0 Å². The van der Waals surface area contributed by atoms with Gasteiger partial charge in [0.15, 0.2) is 10.8 Å². The smallest absolute Gasteiger partial charge is 0.416 e. The van der Waals surface area contributed by atoms with E-state index in [-0.39, 0.29) is 22.4 Å². The number of carbonyl (C=O) groups is 1.